The minimum Gasteiger partial charge on any atom is -0.480 e. The number of hydrogen-bond acceptors (Lipinski definition) is 8. The molecule has 0 aliphatic rings. The first kappa shape index (κ1) is 27.3. The summed E-state index contributed by atoms with van der Waals surface area (Å²) in [4.78, 5) is 58.9. The molecule has 0 saturated heterocycles. The number of carboxylic acids is 1. The molecule has 1 rings (SSSR count). The first-order chi connectivity index (χ1) is 15.5. The van der Waals surface area contributed by atoms with E-state index in [0.717, 1.165) is 0 Å². The monoisotopic (exact) mass is 469 g/mol. The first-order valence-corrected chi connectivity index (χ1v) is 10.1. The van der Waals surface area contributed by atoms with Crippen molar-refractivity contribution in [1.82, 2.24) is 25.9 Å². The Morgan fingerprint density at radius 2 is 1.76 bits per heavy atom. The van der Waals surface area contributed by atoms with Crippen molar-refractivity contribution in [3.8, 4) is 0 Å². The van der Waals surface area contributed by atoms with Crippen LogP contribution in [0.25, 0.3) is 0 Å². The molecule has 0 spiro atoms. The van der Waals surface area contributed by atoms with Crippen molar-refractivity contribution in [3.05, 3.63) is 18.2 Å². The minimum atomic E-state index is -1.44. The Morgan fingerprint density at radius 1 is 1.12 bits per heavy atom. The molecule has 15 nitrogen and oxygen atoms in total. The number of aliphatic hydroxyl groups is 1. The molecular weight excluding hydrogens is 438 g/mol. The second kappa shape index (κ2) is 13.6. The van der Waals surface area contributed by atoms with Crippen molar-refractivity contribution < 1.29 is 29.4 Å². The second-order valence-electron chi connectivity index (χ2n) is 7.21. The number of nitrogens with zero attached hydrogens (tertiary/aromatic N) is 2. The predicted molar refractivity (Wildman–Crippen MR) is 116 cm³/mol. The molecular formula is C18H31N9O6. The molecule has 4 atom stereocenters. The number of aliphatic carboxylic acids is 1. The minimum absolute atomic E-state index is 0.0103. The number of hydrogen-bond donors (Lipinski definition) is 9. The Bertz CT molecular complexity index is 825. The molecule has 184 valence electrons. The van der Waals surface area contributed by atoms with Gasteiger partial charge in [0.1, 0.15) is 18.1 Å². The highest BCUT2D eigenvalue weighted by Crippen LogP contribution is 2.03. The molecule has 1 heterocycles. The SMILES string of the molecule is CC(NC(=O)C(CO)NC(=O)C(Cc1cnc[nH]1)NC(=O)C(N)CCCN=C(N)N)C(=O)O. The van der Waals surface area contributed by atoms with Crippen LogP contribution in [0.4, 0.5) is 0 Å². The molecule has 0 radical (unpaired) electrons. The molecule has 0 aromatic carbocycles. The lowest BCUT2D eigenvalue weighted by atomic mass is 10.1. The van der Waals surface area contributed by atoms with Gasteiger partial charge in [-0.1, -0.05) is 0 Å². The van der Waals surface area contributed by atoms with Gasteiger partial charge in [0.2, 0.25) is 17.7 Å². The zero-order valence-corrected chi connectivity index (χ0v) is 18.2. The van der Waals surface area contributed by atoms with Crippen LogP contribution in [0, 0.1) is 0 Å². The van der Waals surface area contributed by atoms with Gasteiger partial charge in [-0.15, -0.1) is 0 Å². The van der Waals surface area contributed by atoms with E-state index >= 15 is 0 Å². The van der Waals surface area contributed by atoms with Crippen molar-refractivity contribution in [2.24, 2.45) is 22.2 Å². The Hall–Kier alpha value is -3.72. The number of guanidine groups is 1. The van der Waals surface area contributed by atoms with Crippen molar-refractivity contribution in [3.63, 3.8) is 0 Å². The summed E-state index contributed by atoms with van der Waals surface area (Å²) in [7, 11) is 0. The number of amides is 3. The number of aliphatic hydroxyl groups excluding tert-OH is 1. The Morgan fingerprint density at radius 3 is 2.30 bits per heavy atom. The van der Waals surface area contributed by atoms with Gasteiger partial charge >= 0.3 is 5.97 Å². The Labute approximate surface area is 189 Å². The number of aromatic nitrogens is 2. The lowest BCUT2D eigenvalue weighted by Crippen LogP contribution is -2.58. The lowest BCUT2D eigenvalue weighted by molar-refractivity contribution is -0.142. The first-order valence-electron chi connectivity index (χ1n) is 10.1. The fourth-order valence-corrected chi connectivity index (χ4v) is 2.60. The summed E-state index contributed by atoms with van der Waals surface area (Å²) in [5, 5.41) is 25.4. The van der Waals surface area contributed by atoms with Crippen molar-refractivity contribution in [1.29, 1.82) is 0 Å². The average molecular weight is 470 g/mol. The van der Waals surface area contributed by atoms with Crippen molar-refractivity contribution in [2.75, 3.05) is 13.2 Å². The zero-order chi connectivity index (χ0) is 25.0. The highest BCUT2D eigenvalue weighted by atomic mass is 16.4. The summed E-state index contributed by atoms with van der Waals surface area (Å²) in [5.74, 6) is -3.68. The van der Waals surface area contributed by atoms with E-state index in [1.165, 1.54) is 19.4 Å². The molecule has 15 heteroatoms. The molecule has 3 amide bonds. The third kappa shape index (κ3) is 9.96. The summed E-state index contributed by atoms with van der Waals surface area (Å²) in [5.41, 5.74) is 16.9. The van der Waals surface area contributed by atoms with E-state index < -0.39 is 54.5 Å². The van der Waals surface area contributed by atoms with Gasteiger partial charge in [-0.3, -0.25) is 24.2 Å². The molecule has 0 fully saturated rings. The van der Waals surface area contributed by atoms with Crippen LogP contribution in [-0.2, 0) is 25.6 Å². The number of imidazole rings is 1. The predicted octanol–water partition coefficient (Wildman–Crippen LogP) is -4.12. The van der Waals surface area contributed by atoms with Crippen LogP contribution in [0.3, 0.4) is 0 Å². The van der Waals surface area contributed by atoms with Crippen LogP contribution in [0.5, 0.6) is 0 Å². The second-order valence-corrected chi connectivity index (χ2v) is 7.21. The quantitative estimate of drug-likeness (QED) is 0.0721. The van der Waals surface area contributed by atoms with Gasteiger partial charge in [-0.05, 0) is 19.8 Å². The van der Waals surface area contributed by atoms with E-state index in [9.17, 15) is 24.3 Å². The highest BCUT2D eigenvalue weighted by molar-refractivity contribution is 5.94. The van der Waals surface area contributed by atoms with E-state index in [4.69, 9.17) is 22.3 Å². The topological polar surface area (TPSA) is 264 Å². The summed E-state index contributed by atoms with van der Waals surface area (Å²) >= 11 is 0. The van der Waals surface area contributed by atoms with Crippen LogP contribution < -0.4 is 33.2 Å². The van der Waals surface area contributed by atoms with E-state index in [1.807, 2.05) is 0 Å². The summed E-state index contributed by atoms with van der Waals surface area (Å²) in [6.07, 6.45) is 3.50. The van der Waals surface area contributed by atoms with Gasteiger partial charge in [0.15, 0.2) is 5.96 Å². The third-order valence-electron chi connectivity index (χ3n) is 4.46. The van der Waals surface area contributed by atoms with E-state index in [2.05, 4.69) is 30.9 Å². The van der Waals surface area contributed by atoms with Crippen LogP contribution in [0.1, 0.15) is 25.5 Å². The number of nitrogens with two attached hydrogens (primary N) is 3. The van der Waals surface area contributed by atoms with E-state index in [0.29, 0.717) is 12.1 Å². The number of rotatable bonds is 14. The van der Waals surface area contributed by atoms with Crippen LogP contribution in [0.2, 0.25) is 0 Å². The maximum atomic E-state index is 12.8. The van der Waals surface area contributed by atoms with Gasteiger partial charge in [-0.2, -0.15) is 0 Å². The number of nitrogens with one attached hydrogen (secondary N) is 4. The maximum absolute atomic E-state index is 12.8. The van der Waals surface area contributed by atoms with Gasteiger partial charge in [-0.25, -0.2) is 4.98 Å². The molecule has 12 N–H and O–H groups in total. The standard InChI is InChI=1S/C18H31N9O6/c1-9(17(32)33)25-16(31)13(7-28)27-15(30)12(5-10-6-22-8-24-10)26-14(29)11(19)3-2-4-23-18(20)21/h6,8-9,11-13,28H,2-5,7,19H2,1H3,(H,22,24)(H,25,31)(H,26,29)(H,27,30)(H,32,33)(H4,20,21,23). The fraction of sp³-hybridized carbons (Fsp3) is 0.556. The smallest absolute Gasteiger partial charge is 0.325 e. The average Bonchev–Trinajstić information content (AvgIpc) is 3.26. The fourth-order valence-electron chi connectivity index (χ4n) is 2.60. The number of H-pyrrole nitrogens is 1. The number of aliphatic imine (C=N–C) groups is 1. The van der Waals surface area contributed by atoms with Crippen LogP contribution in [0.15, 0.2) is 17.5 Å². The third-order valence-corrected chi connectivity index (χ3v) is 4.46. The van der Waals surface area contributed by atoms with Gasteiger partial charge < -0.3 is 48.3 Å². The molecule has 0 aliphatic carbocycles. The highest BCUT2D eigenvalue weighted by Gasteiger charge is 2.29. The molecule has 33 heavy (non-hydrogen) atoms. The van der Waals surface area contributed by atoms with E-state index in [1.54, 1.807) is 0 Å². The molecule has 1 aromatic rings. The Balaban J connectivity index is 2.82. The summed E-state index contributed by atoms with van der Waals surface area (Å²) < 4.78 is 0. The lowest BCUT2D eigenvalue weighted by Gasteiger charge is -2.23. The van der Waals surface area contributed by atoms with Gasteiger partial charge in [0.25, 0.3) is 0 Å². The molecule has 0 bridgehead atoms. The molecule has 1 aromatic heterocycles. The number of carboxylic acid groups (broad SMARTS) is 1. The molecule has 4 unspecified atom stereocenters. The number of aromatic amines is 1. The maximum Gasteiger partial charge on any atom is 0.325 e. The summed E-state index contributed by atoms with van der Waals surface area (Å²) in [6.45, 7) is 0.717. The zero-order valence-electron chi connectivity index (χ0n) is 18.2. The van der Waals surface area contributed by atoms with Gasteiger partial charge in [0.05, 0.1) is 19.0 Å². The van der Waals surface area contributed by atoms with Gasteiger partial charge in [0, 0.05) is 24.9 Å². The Kier molecular flexibility index (Phi) is 11.3. The number of carbonyl (C=O) groups is 4. The summed E-state index contributed by atoms with van der Waals surface area (Å²) in [6, 6.07) is -4.79. The van der Waals surface area contributed by atoms with Crippen molar-refractivity contribution >= 4 is 29.7 Å². The van der Waals surface area contributed by atoms with E-state index in [-0.39, 0.29) is 25.3 Å². The van der Waals surface area contributed by atoms with Crippen LogP contribution in [-0.4, -0.2) is 87.2 Å². The molecule has 0 aliphatic heterocycles. The van der Waals surface area contributed by atoms with Crippen LogP contribution >= 0.6 is 0 Å². The number of carbonyl (C=O) groups excluding carboxylic acids is 3. The molecule has 0 saturated carbocycles. The van der Waals surface area contributed by atoms with Crippen molar-refractivity contribution in [2.45, 2.75) is 50.4 Å². The largest absolute Gasteiger partial charge is 0.480 e. The normalized spacial score (nSPS) is 14.3.